The predicted molar refractivity (Wildman–Crippen MR) is 378 cm³/mol. The van der Waals surface area contributed by atoms with Gasteiger partial charge in [-0.3, -0.25) is 20.2 Å². The quantitative estimate of drug-likeness (QED) is 0.0195. The zero-order valence-electron chi connectivity index (χ0n) is 52.5. The van der Waals surface area contributed by atoms with E-state index in [1.165, 1.54) is 6.92 Å². The first-order valence-corrected chi connectivity index (χ1v) is 30.3. The summed E-state index contributed by atoms with van der Waals surface area (Å²) in [4.78, 5) is 35.4. The van der Waals surface area contributed by atoms with Crippen molar-refractivity contribution < 1.29 is 77.8 Å². The van der Waals surface area contributed by atoms with Crippen molar-refractivity contribution in [2.75, 3.05) is 45.9 Å². The van der Waals surface area contributed by atoms with E-state index in [1.54, 1.807) is 37.3 Å². The molecule has 96 heavy (non-hydrogen) atoms. The van der Waals surface area contributed by atoms with E-state index in [1.807, 2.05) is 68.4 Å². The summed E-state index contributed by atoms with van der Waals surface area (Å²) in [6, 6.07) is 12.8. The van der Waals surface area contributed by atoms with Gasteiger partial charge in [0.15, 0.2) is 29.0 Å². The van der Waals surface area contributed by atoms with Crippen LogP contribution in [0.3, 0.4) is 0 Å². The normalized spacial score (nSPS) is 9.91. The van der Waals surface area contributed by atoms with Crippen molar-refractivity contribution in [3.8, 4) is 46.0 Å². The predicted octanol–water partition coefficient (Wildman–Crippen LogP) is 16.4. The van der Waals surface area contributed by atoms with Crippen LogP contribution in [0.5, 0.6) is 46.0 Å². The lowest BCUT2D eigenvalue weighted by atomic mass is 9.99. The van der Waals surface area contributed by atoms with E-state index < -0.39 is 72.4 Å². The van der Waals surface area contributed by atoms with Crippen molar-refractivity contribution in [3.05, 3.63) is 187 Å². The molecule has 24 nitrogen and oxygen atoms in total. The fraction of sp³-hybridized carbons (Fsp3) is 0.197. The Balaban J connectivity index is 0.00000107. The summed E-state index contributed by atoms with van der Waals surface area (Å²) in [6.07, 6.45) is 0.250. The number of aromatic hydroxyl groups is 8. The van der Waals surface area contributed by atoms with Crippen LogP contribution in [0.2, 0.25) is 20.1 Å². The fourth-order valence-electron chi connectivity index (χ4n) is 6.96. The Kier molecular flexibility index (Phi) is 35.0. The van der Waals surface area contributed by atoms with E-state index in [0.29, 0.717) is 59.4 Å². The third kappa shape index (κ3) is 23.8. The minimum Gasteiger partial charge on any atom is -0.508 e. The van der Waals surface area contributed by atoms with Gasteiger partial charge in [0.1, 0.15) is 38.8 Å². The number of nitro groups is 2. The number of phenolic OH excluding ortho intramolecular Hbond substituents is 8. The van der Waals surface area contributed by atoms with Gasteiger partial charge in [0, 0.05) is 40.6 Å². The van der Waals surface area contributed by atoms with Crippen LogP contribution in [0.1, 0.15) is 75.4 Å². The zero-order valence-corrected chi connectivity index (χ0v) is 60.3. The van der Waals surface area contributed by atoms with Crippen LogP contribution in [0, 0.1) is 106 Å². The molecule has 0 atom stereocenters. The molecular weight excluding hydrogens is 1550 g/mol. The van der Waals surface area contributed by atoms with Crippen molar-refractivity contribution >= 4 is 157 Å². The van der Waals surface area contributed by atoms with Crippen LogP contribution < -0.4 is 45.9 Å². The highest BCUT2D eigenvalue weighted by Gasteiger charge is 2.29. The van der Waals surface area contributed by atoms with Crippen molar-refractivity contribution in [3.63, 3.8) is 0 Å². The minimum absolute atomic E-state index is 0.00287. The van der Waals surface area contributed by atoms with Crippen molar-refractivity contribution in [2.45, 2.75) is 82.1 Å². The Labute approximate surface area is 592 Å². The number of nitrogens with two attached hydrogens (primary N) is 8. The lowest BCUT2D eigenvalue weighted by molar-refractivity contribution is -0.396. The van der Waals surface area contributed by atoms with Gasteiger partial charge in [-0.2, -0.15) is 14.0 Å². The molecule has 0 heterocycles. The molecule has 0 aliphatic rings. The maximum absolute atomic E-state index is 12.7. The fourth-order valence-corrected chi connectivity index (χ4v) is 9.44. The number of carbonyl (C=O) groups excluding carboxylic acids is 2. The van der Waals surface area contributed by atoms with Crippen molar-refractivity contribution in [1.82, 2.24) is 0 Å². The summed E-state index contributed by atoms with van der Waals surface area (Å²) in [5.41, 5.74) is 51.9. The van der Waals surface area contributed by atoms with Gasteiger partial charge in [-0.25, -0.2) is 13.2 Å². The summed E-state index contributed by atoms with van der Waals surface area (Å²) in [5, 5.41) is 94.5. The highest BCUT2D eigenvalue weighted by molar-refractivity contribution is 9.11. The van der Waals surface area contributed by atoms with Crippen LogP contribution in [0.25, 0.3) is 0 Å². The Hall–Kier alpha value is -8.94. The standard InChI is InChI=1S/C10H14BrNO.C9H13NO.C8H11NO.C7H7Br2NO.C7H7Cl2NO.C7H7N3O5.C6H4Cl2FNO.C6H4F3NO.CO2/c1-5(2)7-4-8(12)6(3)9(11)10(7)13;1-5-4-8(10)6(2)7(3)9(5)11;1-5-4-8(10)6(2)3-7(5)9;1-3-5(10)2-4(8)7(11)6(3)9;1-3-2-4(10)5(8)6(9)7(3)11;1-3-4(8)2-5(9(12)13)7(11)6(3)10(14)15;7-2-1-3(10)5(9)4(8)6(2)11;7-2-1-3(10)4(8)5(9)6(2)11;2-1-3/h4-5,13H,12H2,1-3H3;4,11H,10H2,1-3H3;3-4,10H,9H2,1-2H3;2*2,11H,10H2,1H3;2,11H,8H2,1H3;2*1,11H,10H2;. The number of halogens is 11. The second-order valence-electron chi connectivity index (χ2n) is 20.1. The molecule has 35 heteroatoms. The number of hydrogen-bond acceptors (Lipinski definition) is 22. The lowest BCUT2D eigenvalue weighted by Crippen LogP contribution is -2.00. The second kappa shape index (κ2) is 38.6. The first-order valence-electron chi connectivity index (χ1n) is 26.4. The molecule has 0 radical (unpaired) electrons. The number of nitrogens with zero attached hydrogens (tertiary/aromatic N) is 2. The maximum atomic E-state index is 12.7. The van der Waals surface area contributed by atoms with Gasteiger partial charge in [0.05, 0.1) is 55.9 Å². The average molecular weight is 1620 g/mol. The number of phenols is 8. The van der Waals surface area contributed by atoms with Gasteiger partial charge in [-0.1, -0.05) is 60.3 Å². The van der Waals surface area contributed by atoms with Crippen LogP contribution in [0.4, 0.5) is 74.4 Å². The molecular formula is C61H67Br3Cl4F4N10O14. The van der Waals surface area contributed by atoms with E-state index in [0.717, 1.165) is 68.0 Å². The minimum atomic E-state index is -1.66. The van der Waals surface area contributed by atoms with Crippen LogP contribution in [0.15, 0.2) is 68.0 Å². The smallest absolute Gasteiger partial charge is 0.373 e. The molecule has 0 fully saturated rings. The number of rotatable bonds is 3. The molecule has 0 spiro atoms. The van der Waals surface area contributed by atoms with Crippen LogP contribution in [-0.2, 0) is 9.59 Å². The zero-order chi connectivity index (χ0) is 75.3. The van der Waals surface area contributed by atoms with Crippen molar-refractivity contribution in [1.29, 1.82) is 0 Å². The topological polar surface area (TPSA) is 490 Å². The van der Waals surface area contributed by atoms with Crippen molar-refractivity contribution in [2.24, 2.45) is 0 Å². The first-order chi connectivity index (χ1) is 44.0. The average Bonchev–Trinajstić information content (AvgIpc) is 0.818. The van der Waals surface area contributed by atoms with Gasteiger partial charge in [0.2, 0.25) is 5.82 Å². The van der Waals surface area contributed by atoms with Gasteiger partial charge >= 0.3 is 17.5 Å². The number of anilines is 8. The van der Waals surface area contributed by atoms with E-state index in [4.69, 9.17) is 117 Å². The number of nitrogen functional groups attached to an aromatic ring is 8. The Morgan fingerprint density at radius 2 is 0.865 bits per heavy atom. The molecule has 0 saturated carbocycles. The lowest BCUT2D eigenvalue weighted by Gasteiger charge is -2.13. The number of benzene rings is 8. The molecule has 0 aromatic heterocycles. The van der Waals surface area contributed by atoms with E-state index in [2.05, 4.69) is 47.8 Å². The largest absolute Gasteiger partial charge is 0.508 e. The molecule has 522 valence electrons. The molecule has 24 N–H and O–H groups in total. The molecule has 0 unspecified atom stereocenters. The number of hydrogen-bond donors (Lipinski definition) is 16. The molecule has 0 saturated heterocycles. The van der Waals surface area contributed by atoms with E-state index >= 15 is 0 Å². The number of nitro benzene ring substituents is 2. The Morgan fingerprint density at radius 3 is 1.34 bits per heavy atom. The molecule has 0 aliphatic heterocycles. The SMILES string of the molecule is Cc1c(N)cc(Br)c(O)c1Br.Cc1c(N)cc(C(C)C)c(O)c1Br.Cc1c(N)cc([N+](=O)[O-])c(O)c1[N+](=O)[O-].Cc1cc(N)c(C)c(C)c1O.Cc1cc(N)c(Cl)c(Cl)c1O.Cc1cc(O)c(C)cc1N.Nc1cc(Cl)c(O)c(Cl)c1F.Nc1cc(F)c(O)c(F)c1F.O=C=O. The summed E-state index contributed by atoms with van der Waals surface area (Å²) in [6.45, 7) is 20.1. The van der Waals surface area contributed by atoms with E-state index in [9.17, 15) is 63.3 Å². The molecule has 8 rings (SSSR count). The van der Waals surface area contributed by atoms with Gasteiger partial charge < -0.3 is 86.7 Å². The van der Waals surface area contributed by atoms with Crippen LogP contribution >= 0.6 is 94.2 Å². The van der Waals surface area contributed by atoms with Gasteiger partial charge in [-0.05, 0) is 209 Å². The van der Waals surface area contributed by atoms with Crippen LogP contribution in [-0.4, -0.2) is 56.9 Å². The molecule has 8 aromatic rings. The van der Waals surface area contributed by atoms with Gasteiger partial charge in [-0.15, -0.1) is 0 Å². The van der Waals surface area contributed by atoms with E-state index in [-0.39, 0.29) is 55.6 Å². The highest BCUT2D eigenvalue weighted by atomic mass is 79.9. The monoisotopic (exact) mass is 1620 g/mol. The summed E-state index contributed by atoms with van der Waals surface area (Å²) < 4.78 is 51.6. The first kappa shape index (κ1) is 87.1. The highest BCUT2D eigenvalue weighted by Crippen LogP contribution is 2.43. The summed E-state index contributed by atoms with van der Waals surface area (Å²) in [7, 11) is 0. The Morgan fingerprint density at radius 1 is 0.427 bits per heavy atom. The third-order valence-corrected chi connectivity index (χ3v) is 17.0. The molecule has 8 aromatic carbocycles. The number of aryl methyl sites for hydroxylation is 4. The molecule has 0 bridgehead atoms. The Bertz CT molecular complexity index is 3680. The molecule has 0 amide bonds. The second-order valence-corrected chi connectivity index (χ2v) is 24.1. The molecule has 0 aliphatic carbocycles. The summed E-state index contributed by atoms with van der Waals surface area (Å²) in [5.74, 6) is -6.61. The maximum Gasteiger partial charge on any atom is 0.373 e. The summed E-state index contributed by atoms with van der Waals surface area (Å²) >= 11 is 31.7. The van der Waals surface area contributed by atoms with Gasteiger partial charge in [0.25, 0.3) is 5.75 Å². The third-order valence-electron chi connectivity index (χ3n) is 13.0.